The second kappa shape index (κ2) is 5.26. The topological polar surface area (TPSA) is 72.0 Å². The van der Waals surface area contributed by atoms with Crippen molar-refractivity contribution in [3.8, 4) is 5.69 Å². The number of oxazole rings is 1. The summed E-state index contributed by atoms with van der Waals surface area (Å²) in [6.07, 6.45) is 3.09. The van der Waals surface area contributed by atoms with Gasteiger partial charge in [-0.15, -0.1) is 0 Å². The molecule has 0 aliphatic carbocycles. The van der Waals surface area contributed by atoms with Gasteiger partial charge < -0.3 is 14.6 Å². The van der Waals surface area contributed by atoms with Crippen molar-refractivity contribution >= 4 is 28.7 Å². The monoisotopic (exact) mass is 318 g/mol. The van der Waals surface area contributed by atoms with Gasteiger partial charge in [0.2, 0.25) is 0 Å². The van der Waals surface area contributed by atoms with Gasteiger partial charge in [-0.3, -0.25) is 0 Å². The standard InChI is InChI=1S/C14H15ClN6O/c1-9-6-16-2-3-20(9)14-19-11-4-10(15)5-12(13(11)22-14)21-8-17-7-18-21/h4-5,7-9,16H,2-3,6H2,1H3/t9-/m0/s1. The minimum Gasteiger partial charge on any atom is -0.421 e. The van der Waals surface area contributed by atoms with Crippen molar-refractivity contribution in [2.75, 3.05) is 24.5 Å². The summed E-state index contributed by atoms with van der Waals surface area (Å²) in [5, 5.41) is 8.10. The highest BCUT2D eigenvalue weighted by molar-refractivity contribution is 6.31. The van der Waals surface area contributed by atoms with Crippen LogP contribution >= 0.6 is 11.6 Å². The van der Waals surface area contributed by atoms with Gasteiger partial charge in [0.15, 0.2) is 5.58 Å². The van der Waals surface area contributed by atoms with Gasteiger partial charge >= 0.3 is 0 Å². The normalized spacial score (nSPS) is 19.0. The largest absolute Gasteiger partial charge is 0.421 e. The highest BCUT2D eigenvalue weighted by Gasteiger charge is 2.24. The van der Waals surface area contributed by atoms with E-state index in [1.807, 2.05) is 0 Å². The lowest BCUT2D eigenvalue weighted by Gasteiger charge is -2.32. The van der Waals surface area contributed by atoms with Crippen molar-refractivity contribution < 1.29 is 4.42 Å². The van der Waals surface area contributed by atoms with Crippen LogP contribution < -0.4 is 10.2 Å². The average Bonchev–Trinajstić information content (AvgIpc) is 3.15. The Hall–Kier alpha value is -2.12. The zero-order valence-corrected chi connectivity index (χ0v) is 12.8. The molecule has 3 heterocycles. The SMILES string of the molecule is C[C@H]1CNCCN1c1nc2cc(Cl)cc(-n3cncn3)c2o1. The number of rotatable bonds is 2. The molecule has 1 aromatic carbocycles. The molecule has 2 aromatic heterocycles. The van der Waals surface area contributed by atoms with Crippen LogP contribution in [0.2, 0.25) is 5.02 Å². The molecule has 114 valence electrons. The molecule has 1 aliphatic rings. The smallest absolute Gasteiger partial charge is 0.298 e. The van der Waals surface area contributed by atoms with E-state index in [4.69, 9.17) is 16.0 Å². The number of nitrogens with zero attached hydrogens (tertiary/aromatic N) is 5. The maximum Gasteiger partial charge on any atom is 0.298 e. The van der Waals surface area contributed by atoms with Gasteiger partial charge in [0, 0.05) is 30.7 Å². The number of hydrogen-bond donors (Lipinski definition) is 1. The summed E-state index contributed by atoms with van der Waals surface area (Å²) in [7, 11) is 0. The minimum atomic E-state index is 0.326. The Labute approximate surface area is 131 Å². The number of halogens is 1. The van der Waals surface area contributed by atoms with E-state index in [2.05, 4.69) is 32.2 Å². The summed E-state index contributed by atoms with van der Waals surface area (Å²) in [5.74, 6) is 0. The second-order valence-corrected chi connectivity index (χ2v) is 5.79. The molecule has 22 heavy (non-hydrogen) atoms. The number of hydrogen-bond acceptors (Lipinski definition) is 6. The molecule has 1 saturated heterocycles. The van der Waals surface area contributed by atoms with Crippen molar-refractivity contribution in [3.63, 3.8) is 0 Å². The van der Waals surface area contributed by atoms with E-state index in [-0.39, 0.29) is 0 Å². The molecule has 3 aromatic rings. The van der Waals surface area contributed by atoms with Crippen LogP contribution in [0.4, 0.5) is 6.01 Å². The van der Waals surface area contributed by atoms with E-state index in [0.717, 1.165) is 30.8 Å². The summed E-state index contributed by atoms with van der Waals surface area (Å²) in [4.78, 5) is 10.7. The first kappa shape index (κ1) is 13.5. The first-order valence-corrected chi connectivity index (χ1v) is 7.52. The number of anilines is 1. The summed E-state index contributed by atoms with van der Waals surface area (Å²) >= 11 is 6.20. The number of aromatic nitrogens is 4. The number of fused-ring (bicyclic) bond motifs is 1. The number of benzene rings is 1. The summed E-state index contributed by atoms with van der Waals surface area (Å²) in [6, 6.07) is 4.55. The Kier molecular flexibility index (Phi) is 3.24. The van der Waals surface area contributed by atoms with Crippen LogP contribution in [0.1, 0.15) is 6.92 Å². The molecule has 0 saturated carbocycles. The molecule has 0 unspecified atom stereocenters. The molecule has 1 N–H and O–H groups in total. The molecule has 1 aliphatic heterocycles. The Morgan fingerprint density at radius 3 is 3.09 bits per heavy atom. The lowest BCUT2D eigenvalue weighted by molar-refractivity contribution is 0.455. The third-order valence-electron chi connectivity index (χ3n) is 3.84. The van der Waals surface area contributed by atoms with Gasteiger partial charge in [-0.05, 0) is 19.1 Å². The van der Waals surface area contributed by atoms with Gasteiger partial charge in [0.25, 0.3) is 6.01 Å². The maximum absolute atomic E-state index is 6.20. The molecule has 0 spiro atoms. The molecule has 7 nitrogen and oxygen atoms in total. The average molecular weight is 319 g/mol. The fraction of sp³-hybridized carbons (Fsp3) is 0.357. The predicted octanol–water partition coefficient (Wildman–Crippen LogP) is 1.86. The zero-order valence-electron chi connectivity index (χ0n) is 12.0. The van der Waals surface area contributed by atoms with Gasteiger partial charge in [-0.1, -0.05) is 11.6 Å². The summed E-state index contributed by atoms with van der Waals surface area (Å²) < 4.78 is 7.66. The molecular formula is C14H15ClN6O. The molecular weight excluding hydrogens is 304 g/mol. The van der Waals surface area contributed by atoms with Crippen molar-refractivity contribution in [1.29, 1.82) is 0 Å². The molecule has 0 bridgehead atoms. The molecule has 0 radical (unpaired) electrons. The van der Waals surface area contributed by atoms with Crippen LogP contribution in [0, 0.1) is 0 Å². The Balaban J connectivity index is 1.85. The van der Waals surface area contributed by atoms with E-state index >= 15 is 0 Å². The fourth-order valence-corrected chi connectivity index (χ4v) is 2.93. The molecule has 4 rings (SSSR count). The quantitative estimate of drug-likeness (QED) is 0.777. The molecule has 1 fully saturated rings. The van der Waals surface area contributed by atoms with Crippen LogP contribution in [-0.4, -0.2) is 45.4 Å². The summed E-state index contributed by atoms with van der Waals surface area (Å²) in [6.45, 7) is 4.84. The predicted molar refractivity (Wildman–Crippen MR) is 83.6 cm³/mol. The number of piperazine rings is 1. The molecule has 0 amide bonds. The second-order valence-electron chi connectivity index (χ2n) is 5.36. The van der Waals surface area contributed by atoms with Crippen LogP contribution in [0.25, 0.3) is 16.8 Å². The van der Waals surface area contributed by atoms with Gasteiger partial charge in [-0.2, -0.15) is 10.1 Å². The van der Waals surface area contributed by atoms with E-state index in [1.165, 1.54) is 6.33 Å². The van der Waals surface area contributed by atoms with E-state index in [9.17, 15) is 0 Å². The summed E-state index contributed by atoms with van der Waals surface area (Å²) in [5.41, 5.74) is 2.12. The van der Waals surface area contributed by atoms with E-state index in [0.29, 0.717) is 22.7 Å². The first-order valence-electron chi connectivity index (χ1n) is 7.15. The highest BCUT2D eigenvalue weighted by Crippen LogP contribution is 2.31. The van der Waals surface area contributed by atoms with E-state index < -0.39 is 0 Å². The van der Waals surface area contributed by atoms with Crippen molar-refractivity contribution in [2.45, 2.75) is 13.0 Å². The van der Waals surface area contributed by atoms with Gasteiger partial charge in [0.1, 0.15) is 23.9 Å². The van der Waals surface area contributed by atoms with Crippen LogP contribution in [-0.2, 0) is 0 Å². The minimum absolute atomic E-state index is 0.326. The maximum atomic E-state index is 6.20. The molecule has 8 heteroatoms. The Bertz CT molecular complexity index is 799. The zero-order chi connectivity index (χ0) is 15.1. The Morgan fingerprint density at radius 2 is 2.32 bits per heavy atom. The fourth-order valence-electron chi connectivity index (χ4n) is 2.72. The third kappa shape index (κ3) is 2.22. The van der Waals surface area contributed by atoms with Crippen LogP contribution in [0.15, 0.2) is 29.2 Å². The van der Waals surface area contributed by atoms with Crippen molar-refractivity contribution in [3.05, 3.63) is 29.8 Å². The van der Waals surface area contributed by atoms with Crippen molar-refractivity contribution in [2.24, 2.45) is 0 Å². The molecule has 1 atom stereocenters. The third-order valence-corrected chi connectivity index (χ3v) is 4.05. The lowest BCUT2D eigenvalue weighted by Crippen LogP contribution is -2.50. The van der Waals surface area contributed by atoms with Gasteiger partial charge in [0.05, 0.1) is 0 Å². The Morgan fingerprint density at radius 1 is 1.41 bits per heavy atom. The lowest BCUT2D eigenvalue weighted by atomic mass is 10.2. The first-order chi connectivity index (χ1) is 10.7. The number of nitrogens with one attached hydrogen (secondary N) is 1. The van der Waals surface area contributed by atoms with Crippen LogP contribution in [0.3, 0.4) is 0 Å². The highest BCUT2D eigenvalue weighted by atomic mass is 35.5. The van der Waals surface area contributed by atoms with Gasteiger partial charge in [-0.25, -0.2) is 9.67 Å². The van der Waals surface area contributed by atoms with Crippen molar-refractivity contribution in [1.82, 2.24) is 25.1 Å². The van der Waals surface area contributed by atoms with Crippen LogP contribution in [0.5, 0.6) is 0 Å². The van der Waals surface area contributed by atoms with E-state index in [1.54, 1.807) is 23.1 Å².